The molecule has 0 saturated carbocycles. The predicted molar refractivity (Wildman–Crippen MR) is 49.7 cm³/mol. The molecule has 1 heterocycles. The van der Waals surface area contributed by atoms with Crippen LogP contribution in [0.5, 0.6) is 0 Å². The molecule has 0 unspecified atom stereocenters. The van der Waals surface area contributed by atoms with Gasteiger partial charge in [0, 0.05) is 4.47 Å². The lowest BCUT2D eigenvalue weighted by Crippen LogP contribution is -2.01. The third-order valence-corrected chi connectivity index (χ3v) is 2.10. The molecule has 1 aromatic heterocycles. The fourth-order valence-corrected chi connectivity index (χ4v) is 0.919. The second kappa shape index (κ2) is 4.18. The zero-order chi connectivity index (χ0) is 8.97. The third-order valence-electron chi connectivity index (χ3n) is 1.26. The number of nitrogens with one attached hydrogen (secondary N) is 1. The van der Waals surface area contributed by atoms with Gasteiger partial charge in [-0.1, -0.05) is 0 Å². The van der Waals surface area contributed by atoms with Crippen molar-refractivity contribution in [3.05, 3.63) is 22.3 Å². The van der Waals surface area contributed by atoms with Gasteiger partial charge >= 0.3 is 0 Å². The lowest BCUT2D eigenvalue weighted by molar-refractivity contribution is 0.240. The van der Waals surface area contributed by atoms with E-state index in [4.69, 9.17) is 5.21 Å². The molecular weight excluding hydrogens is 222 g/mol. The molecule has 0 fully saturated rings. The molecule has 12 heavy (non-hydrogen) atoms. The van der Waals surface area contributed by atoms with E-state index in [-0.39, 0.29) is 0 Å². The number of hydrogen-bond acceptors (Lipinski definition) is 3. The molecule has 0 amide bonds. The first-order chi connectivity index (χ1) is 5.74. The van der Waals surface area contributed by atoms with Crippen molar-refractivity contribution in [1.82, 2.24) is 10.5 Å². The van der Waals surface area contributed by atoms with E-state index in [1.807, 2.05) is 13.0 Å². The maximum Gasteiger partial charge on any atom is 0.153 e. The van der Waals surface area contributed by atoms with Crippen molar-refractivity contribution in [3.63, 3.8) is 0 Å². The summed E-state index contributed by atoms with van der Waals surface area (Å²) < 4.78 is 0.943. The van der Waals surface area contributed by atoms with E-state index in [2.05, 4.69) is 25.9 Å². The van der Waals surface area contributed by atoms with Gasteiger partial charge in [0.25, 0.3) is 0 Å². The van der Waals surface area contributed by atoms with E-state index in [1.54, 1.807) is 11.5 Å². The first kappa shape index (κ1) is 9.15. The molecule has 0 saturated heterocycles. The van der Waals surface area contributed by atoms with Crippen LogP contribution in [0, 0.1) is 6.92 Å². The Bertz CT molecular complexity index is 301. The minimum absolute atomic E-state index is 0.553. The summed E-state index contributed by atoms with van der Waals surface area (Å²) in [6.07, 6.45) is 1.16. The number of aliphatic imine (C=N–C) groups is 1. The summed E-state index contributed by atoms with van der Waals surface area (Å²) in [5, 5.41) is 8.22. The van der Waals surface area contributed by atoms with Gasteiger partial charge in [0.2, 0.25) is 0 Å². The summed E-state index contributed by atoms with van der Waals surface area (Å²) in [7, 11) is 0. The van der Waals surface area contributed by atoms with Crippen LogP contribution in [0.15, 0.2) is 21.6 Å². The van der Waals surface area contributed by atoms with E-state index in [9.17, 15) is 0 Å². The summed E-state index contributed by atoms with van der Waals surface area (Å²) in [5.74, 6) is 0.553. The van der Waals surface area contributed by atoms with Crippen molar-refractivity contribution in [2.45, 2.75) is 6.92 Å². The molecule has 1 aromatic rings. The molecule has 0 aromatic carbocycles. The monoisotopic (exact) mass is 229 g/mol. The zero-order valence-corrected chi connectivity index (χ0v) is 8.04. The Morgan fingerprint density at radius 1 is 1.67 bits per heavy atom. The Hall–Kier alpha value is -0.940. The second-order valence-electron chi connectivity index (χ2n) is 2.12. The second-order valence-corrected chi connectivity index (χ2v) is 2.98. The number of rotatable bonds is 2. The number of halogens is 1. The highest BCUT2D eigenvalue weighted by molar-refractivity contribution is 9.10. The molecule has 0 spiro atoms. The van der Waals surface area contributed by atoms with Crippen LogP contribution in [-0.4, -0.2) is 16.5 Å². The van der Waals surface area contributed by atoms with Crippen LogP contribution in [0.4, 0.5) is 5.82 Å². The highest BCUT2D eigenvalue weighted by Gasteiger charge is 1.95. The lowest BCUT2D eigenvalue weighted by atomic mass is 10.4. The smallest absolute Gasteiger partial charge is 0.153 e. The van der Waals surface area contributed by atoms with Crippen molar-refractivity contribution in [1.29, 1.82) is 0 Å². The topological polar surface area (TPSA) is 57.5 Å². The molecular formula is C7H8BrN3O. The maximum absolute atomic E-state index is 8.22. The Balaban J connectivity index is 2.89. The van der Waals surface area contributed by atoms with Crippen LogP contribution in [0.3, 0.4) is 0 Å². The Kier molecular flexibility index (Phi) is 3.19. The molecule has 4 nitrogen and oxygen atoms in total. The third kappa shape index (κ3) is 2.28. The molecule has 0 aliphatic rings. The van der Waals surface area contributed by atoms with Gasteiger partial charge in [-0.2, -0.15) is 0 Å². The minimum Gasteiger partial charge on any atom is -0.290 e. The Labute approximate surface area is 78.4 Å². The van der Waals surface area contributed by atoms with Gasteiger partial charge in [0.15, 0.2) is 5.82 Å². The van der Waals surface area contributed by atoms with Gasteiger partial charge in [-0.05, 0) is 35.0 Å². The van der Waals surface area contributed by atoms with Gasteiger partial charge in [-0.15, -0.1) is 0 Å². The van der Waals surface area contributed by atoms with Crippen molar-refractivity contribution in [3.8, 4) is 0 Å². The Morgan fingerprint density at radius 3 is 3.00 bits per heavy atom. The van der Waals surface area contributed by atoms with Gasteiger partial charge < -0.3 is 0 Å². The first-order valence-corrected chi connectivity index (χ1v) is 4.08. The average Bonchev–Trinajstić information content (AvgIpc) is 2.07. The summed E-state index contributed by atoms with van der Waals surface area (Å²) in [4.78, 5) is 7.92. The summed E-state index contributed by atoms with van der Waals surface area (Å²) in [5.41, 5.74) is 2.67. The van der Waals surface area contributed by atoms with Crippen molar-refractivity contribution in [2.75, 3.05) is 0 Å². The van der Waals surface area contributed by atoms with E-state index in [0.29, 0.717) is 5.82 Å². The van der Waals surface area contributed by atoms with E-state index in [1.165, 1.54) is 0 Å². The largest absolute Gasteiger partial charge is 0.290 e. The zero-order valence-electron chi connectivity index (χ0n) is 6.45. The lowest BCUT2D eigenvalue weighted by Gasteiger charge is -1.97. The van der Waals surface area contributed by atoms with Gasteiger partial charge in [0.1, 0.15) is 6.34 Å². The number of aryl methyl sites for hydroxylation is 1. The molecule has 1 rings (SSSR count). The molecule has 0 aliphatic heterocycles. The van der Waals surface area contributed by atoms with Crippen LogP contribution < -0.4 is 5.48 Å². The average molecular weight is 230 g/mol. The fourth-order valence-electron chi connectivity index (χ4n) is 0.698. The highest BCUT2D eigenvalue weighted by Crippen LogP contribution is 2.17. The van der Waals surface area contributed by atoms with Crippen LogP contribution in [0.1, 0.15) is 5.69 Å². The number of aromatic nitrogens is 1. The van der Waals surface area contributed by atoms with Crippen molar-refractivity contribution < 1.29 is 5.21 Å². The van der Waals surface area contributed by atoms with Crippen molar-refractivity contribution >= 4 is 28.1 Å². The normalized spacial score (nSPS) is 10.6. The molecule has 5 heteroatoms. The summed E-state index contributed by atoms with van der Waals surface area (Å²) in [6, 6.07) is 3.59. The standard InChI is InChI=1S/C7H8BrN3O/c1-5-6(8)2-3-7(11-5)9-4-10-12/h2-4,12H,1H3,(H,9,10,11). The first-order valence-electron chi connectivity index (χ1n) is 3.29. The molecule has 0 radical (unpaired) electrons. The maximum atomic E-state index is 8.22. The number of hydrogen-bond donors (Lipinski definition) is 2. The quantitative estimate of drug-likeness (QED) is 0.462. The number of hydroxylamine groups is 1. The molecule has 2 N–H and O–H groups in total. The van der Waals surface area contributed by atoms with Crippen LogP contribution in [-0.2, 0) is 0 Å². The molecule has 0 bridgehead atoms. The van der Waals surface area contributed by atoms with E-state index in [0.717, 1.165) is 16.5 Å². The van der Waals surface area contributed by atoms with Gasteiger partial charge in [-0.25, -0.2) is 9.98 Å². The summed E-state index contributed by atoms with van der Waals surface area (Å²) >= 11 is 3.32. The number of nitrogens with zero attached hydrogens (tertiary/aromatic N) is 2. The Morgan fingerprint density at radius 2 is 2.42 bits per heavy atom. The fraction of sp³-hybridized carbons (Fsp3) is 0.143. The number of pyridine rings is 1. The molecule has 0 atom stereocenters. The van der Waals surface area contributed by atoms with Crippen LogP contribution in [0.2, 0.25) is 0 Å². The minimum atomic E-state index is 0.553. The van der Waals surface area contributed by atoms with Gasteiger partial charge in [-0.3, -0.25) is 10.7 Å². The molecule has 64 valence electrons. The van der Waals surface area contributed by atoms with Gasteiger partial charge in [0.05, 0.1) is 5.69 Å². The molecule has 0 aliphatic carbocycles. The summed E-state index contributed by atoms with van der Waals surface area (Å²) in [6.45, 7) is 1.87. The van der Waals surface area contributed by atoms with Crippen LogP contribution >= 0.6 is 15.9 Å². The SMILES string of the molecule is Cc1nc(N=CNO)ccc1Br. The predicted octanol–water partition coefficient (Wildman–Crippen LogP) is 1.79. The highest BCUT2D eigenvalue weighted by atomic mass is 79.9. The van der Waals surface area contributed by atoms with Crippen molar-refractivity contribution in [2.24, 2.45) is 4.99 Å². The van der Waals surface area contributed by atoms with Crippen LogP contribution in [0.25, 0.3) is 0 Å². The van der Waals surface area contributed by atoms with E-state index < -0.39 is 0 Å². The van der Waals surface area contributed by atoms with E-state index >= 15 is 0 Å².